The van der Waals surface area contributed by atoms with Gasteiger partial charge in [0.25, 0.3) is 5.91 Å². The number of carbonyl (C=O) groups is 1. The summed E-state index contributed by atoms with van der Waals surface area (Å²) in [5.74, 6) is 1.06. The Labute approximate surface area is 134 Å². The van der Waals surface area contributed by atoms with Crippen LogP contribution < -0.4 is 5.32 Å². The predicted octanol–water partition coefficient (Wildman–Crippen LogP) is 3.60. The molecular weight excluding hydrogens is 292 g/mol. The molecule has 0 aliphatic heterocycles. The van der Waals surface area contributed by atoms with Gasteiger partial charge in [-0.3, -0.25) is 4.79 Å². The van der Waals surface area contributed by atoms with E-state index < -0.39 is 0 Å². The van der Waals surface area contributed by atoms with Crippen molar-refractivity contribution in [2.75, 3.05) is 0 Å². The number of benzene rings is 1. The second-order valence-corrected chi connectivity index (χ2v) is 5.56. The minimum Gasteiger partial charge on any atom is -0.469 e. The van der Waals surface area contributed by atoms with Gasteiger partial charge in [-0.15, -0.1) is 0 Å². The summed E-state index contributed by atoms with van der Waals surface area (Å²) in [5.41, 5.74) is 2.23. The van der Waals surface area contributed by atoms with Gasteiger partial charge < -0.3 is 14.2 Å². The number of nitrogens with one attached hydrogen (secondary N) is 1. The third kappa shape index (κ3) is 3.51. The molecule has 5 nitrogen and oxygen atoms in total. The lowest BCUT2D eigenvalue weighted by Gasteiger charge is -2.12. The van der Waals surface area contributed by atoms with Gasteiger partial charge in [0.2, 0.25) is 0 Å². The highest BCUT2D eigenvalue weighted by molar-refractivity contribution is 5.97. The maximum Gasteiger partial charge on any atom is 0.274 e. The average molecular weight is 310 g/mol. The molecule has 0 unspecified atom stereocenters. The molecular formula is C18H18N2O3. The largest absolute Gasteiger partial charge is 0.469 e. The SMILES string of the molecule is Cc1cccc(-c2ocnc2C(=O)N[C@@H](C)Cc2ccco2)c1. The highest BCUT2D eigenvalue weighted by Crippen LogP contribution is 2.24. The van der Waals surface area contributed by atoms with Gasteiger partial charge in [0.1, 0.15) is 5.76 Å². The highest BCUT2D eigenvalue weighted by atomic mass is 16.3. The fraction of sp³-hybridized carbons (Fsp3) is 0.222. The van der Waals surface area contributed by atoms with Gasteiger partial charge in [-0.25, -0.2) is 4.98 Å². The van der Waals surface area contributed by atoms with Crippen LogP contribution in [0, 0.1) is 6.92 Å². The van der Waals surface area contributed by atoms with E-state index in [9.17, 15) is 4.79 Å². The van der Waals surface area contributed by atoms with Crippen LogP contribution in [0.4, 0.5) is 0 Å². The number of nitrogens with zero attached hydrogens (tertiary/aromatic N) is 1. The maximum atomic E-state index is 12.5. The van der Waals surface area contributed by atoms with Crippen molar-refractivity contribution in [3.05, 3.63) is 66.1 Å². The van der Waals surface area contributed by atoms with E-state index in [1.165, 1.54) is 6.39 Å². The van der Waals surface area contributed by atoms with E-state index in [1.54, 1.807) is 6.26 Å². The first-order valence-corrected chi connectivity index (χ1v) is 7.47. The molecule has 1 aromatic carbocycles. The second-order valence-electron chi connectivity index (χ2n) is 5.56. The lowest BCUT2D eigenvalue weighted by molar-refractivity contribution is 0.0935. The van der Waals surface area contributed by atoms with E-state index in [2.05, 4.69) is 10.3 Å². The molecule has 0 spiro atoms. The van der Waals surface area contributed by atoms with Crippen molar-refractivity contribution >= 4 is 5.91 Å². The molecule has 0 fully saturated rings. The zero-order chi connectivity index (χ0) is 16.2. The first-order valence-electron chi connectivity index (χ1n) is 7.47. The number of carbonyl (C=O) groups excluding carboxylic acids is 1. The summed E-state index contributed by atoms with van der Waals surface area (Å²) >= 11 is 0. The Morgan fingerprint density at radius 1 is 1.26 bits per heavy atom. The van der Waals surface area contributed by atoms with Crippen molar-refractivity contribution in [2.45, 2.75) is 26.3 Å². The van der Waals surface area contributed by atoms with Crippen LogP contribution in [0.15, 0.2) is 57.9 Å². The fourth-order valence-electron chi connectivity index (χ4n) is 2.47. The van der Waals surface area contributed by atoms with Crippen LogP contribution in [0.1, 0.15) is 28.7 Å². The Balaban J connectivity index is 1.74. The molecule has 23 heavy (non-hydrogen) atoms. The van der Waals surface area contributed by atoms with Crippen LogP contribution >= 0.6 is 0 Å². The zero-order valence-electron chi connectivity index (χ0n) is 13.1. The molecule has 2 aromatic heterocycles. The summed E-state index contributed by atoms with van der Waals surface area (Å²) in [7, 11) is 0. The number of hydrogen-bond acceptors (Lipinski definition) is 4. The van der Waals surface area contributed by atoms with Gasteiger partial charge in [0, 0.05) is 18.0 Å². The minimum absolute atomic E-state index is 0.0734. The summed E-state index contributed by atoms with van der Waals surface area (Å²) in [6.45, 7) is 3.91. The maximum absolute atomic E-state index is 12.5. The highest BCUT2D eigenvalue weighted by Gasteiger charge is 2.20. The molecule has 2 heterocycles. The molecule has 0 saturated heterocycles. The first kappa shape index (κ1) is 15.1. The quantitative estimate of drug-likeness (QED) is 0.781. The van der Waals surface area contributed by atoms with Crippen molar-refractivity contribution < 1.29 is 13.6 Å². The van der Waals surface area contributed by atoms with E-state index >= 15 is 0 Å². The van der Waals surface area contributed by atoms with E-state index in [0.29, 0.717) is 17.9 Å². The molecule has 0 aliphatic carbocycles. The normalized spacial score (nSPS) is 12.1. The number of rotatable bonds is 5. The first-order chi connectivity index (χ1) is 11.1. The second kappa shape index (κ2) is 6.52. The summed E-state index contributed by atoms with van der Waals surface area (Å²) in [5, 5.41) is 2.92. The lowest BCUT2D eigenvalue weighted by Crippen LogP contribution is -2.34. The van der Waals surface area contributed by atoms with Gasteiger partial charge in [0.15, 0.2) is 17.8 Å². The molecule has 1 atom stereocenters. The fourth-order valence-corrected chi connectivity index (χ4v) is 2.47. The molecule has 0 radical (unpaired) electrons. The number of furan rings is 1. The van der Waals surface area contributed by atoms with Gasteiger partial charge in [0.05, 0.1) is 6.26 Å². The number of aryl methyl sites for hydroxylation is 1. The predicted molar refractivity (Wildman–Crippen MR) is 86.0 cm³/mol. The van der Waals surface area contributed by atoms with Crippen LogP contribution in [-0.2, 0) is 6.42 Å². The van der Waals surface area contributed by atoms with Crippen molar-refractivity contribution in [1.29, 1.82) is 0 Å². The van der Waals surface area contributed by atoms with Gasteiger partial charge in [-0.1, -0.05) is 23.8 Å². The van der Waals surface area contributed by atoms with E-state index in [-0.39, 0.29) is 11.9 Å². The summed E-state index contributed by atoms with van der Waals surface area (Å²) in [6, 6.07) is 11.4. The van der Waals surface area contributed by atoms with Crippen LogP contribution in [0.3, 0.4) is 0 Å². The minimum atomic E-state index is -0.255. The monoisotopic (exact) mass is 310 g/mol. The van der Waals surface area contributed by atoms with E-state index in [4.69, 9.17) is 8.83 Å². The van der Waals surface area contributed by atoms with E-state index in [1.807, 2.05) is 50.2 Å². The van der Waals surface area contributed by atoms with Crippen LogP contribution in [-0.4, -0.2) is 16.9 Å². The molecule has 5 heteroatoms. The number of hydrogen-bond donors (Lipinski definition) is 1. The molecule has 3 rings (SSSR count). The zero-order valence-corrected chi connectivity index (χ0v) is 13.1. The molecule has 0 aliphatic rings. The number of aromatic nitrogens is 1. The van der Waals surface area contributed by atoms with Gasteiger partial charge >= 0.3 is 0 Å². The molecule has 0 saturated carbocycles. The Morgan fingerprint density at radius 2 is 2.13 bits per heavy atom. The Bertz CT molecular complexity index is 790. The lowest BCUT2D eigenvalue weighted by atomic mass is 10.1. The van der Waals surface area contributed by atoms with Crippen LogP contribution in [0.2, 0.25) is 0 Å². The molecule has 3 aromatic rings. The molecule has 1 N–H and O–H groups in total. The summed E-state index contributed by atoms with van der Waals surface area (Å²) in [4.78, 5) is 16.5. The van der Waals surface area contributed by atoms with Crippen molar-refractivity contribution in [3.63, 3.8) is 0 Å². The van der Waals surface area contributed by atoms with Crippen molar-refractivity contribution in [3.8, 4) is 11.3 Å². The molecule has 0 bridgehead atoms. The van der Waals surface area contributed by atoms with Crippen LogP contribution in [0.5, 0.6) is 0 Å². The third-order valence-corrected chi connectivity index (χ3v) is 3.53. The van der Waals surface area contributed by atoms with Gasteiger partial charge in [-0.2, -0.15) is 0 Å². The topological polar surface area (TPSA) is 68.3 Å². The standard InChI is InChI=1S/C18H18N2O3/c1-12-5-3-6-14(9-12)17-16(19-11-23-17)18(21)20-13(2)10-15-7-4-8-22-15/h3-9,11,13H,10H2,1-2H3,(H,20,21)/t13-/m0/s1. The molecule has 118 valence electrons. The van der Waals surface area contributed by atoms with Crippen molar-refractivity contribution in [2.24, 2.45) is 0 Å². The average Bonchev–Trinajstić information content (AvgIpc) is 3.17. The van der Waals surface area contributed by atoms with E-state index in [0.717, 1.165) is 16.9 Å². The summed E-state index contributed by atoms with van der Waals surface area (Å²) < 4.78 is 10.7. The van der Waals surface area contributed by atoms with Crippen LogP contribution in [0.25, 0.3) is 11.3 Å². The summed E-state index contributed by atoms with van der Waals surface area (Å²) in [6.07, 6.45) is 3.54. The third-order valence-electron chi connectivity index (χ3n) is 3.53. The molecule has 1 amide bonds. The number of oxazole rings is 1. The number of amides is 1. The van der Waals surface area contributed by atoms with Gasteiger partial charge in [-0.05, 0) is 32.0 Å². The Hall–Kier alpha value is -2.82. The van der Waals surface area contributed by atoms with Crippen molar-refractivity contribution in [1.82, 2.24) is 10.3 Å². The Morgan fingerprint density at radius 3 is 2.87 bits per heavy atom. The Kier molecular flexibility index (Phi) is 4.28. The smallest absolute Gasteiger partial charge is 0.274 e.